The Bertz CT molecular complexity index is 994. The maximum Gasteiger partial charge on any atom is 0.269 e. The summed E-state index contributed by atoms with van der Waals surface area (Å²) in [5.41, 5.74) is 6.34. The Kier molecular flexibility index (Phi) is 7.56. The molecule has 0 aliphatic rings. The number of hydrogen-bond donors (Lipinski definition) is 2. The summed E-state index contributed by atoms with van der Waals surface area (Å²) in [6.07, 6.45) is 1.65. The van der Waals surface area contributed by atoms with Crippen molar-refractivity contribution in [3.63, 3.8) is 0 Å². The Labute approximate surface area is 181 Å². The summed E-state index contributed by atoms with van der Waals surface area (Å²) in [7, 11) is 1.89. The van der Waals surface area contributed by atoms with Crippen molar-refractivity contribution in [2.45, 2.75) is 15.8 Å². The van der Waals surface area contributed by atoms with Crippen molar-refractivity contribution in [3.05, 3.63) is 71.0 Å². The third kappa shape index (κ3) is 6.25. The number of halogens is 1. The first kappa shape index (κ1) is 21.2. The molecule has 7 nitrogen and oxygen atoms in total. The number of amides is 2. The average molecular weight is 448 g/mol. The van der Waals surface area contributed by atoms with Crippen LogP contribution in [0.4, 0.5) is 0 Å². The highest BCUT2D eigenvalue weighted by atomic mass is 35.5. The molecule has 0 aliphatic heterocycles. The van der Waals surface area contributed by atoms with Crippen molar-refractivity contribution in [2.24, 2.45) is 7.05 Å². The Hall–Kier alpha value is -2.49. The third-order valence-electron chi connectivity index (χ3n) is 3.76. The molecule has 0 saturated carbocycles. The predicted molar refractivity (Wildman–Crippen MR) is 115 cm³/mol. The van der Waals surface area contributed by atoms with Crippen LogP contribution in [-0.4, -0.2) is 32.3 Å². The van der Waals surface area contributed by atoms with Gasteiger partial charge in [0.05, 0.1) is 10.8 Å². The second kappa shape index (κ2) is 10.3. The minimum absolute atomic E-state index is 0.141. The van der Waals surface area contributed by atoms with E-state index in [1.54, 1.807) is 36.3 Å². The Morgan fingerprint density at radius 2 is 1.83 bits per heavy atom. The van der Waals surface area contributed by atoms with Gasteiger partial charge in [-0.2, -0.15) is 0 Å². The lowest BCUT2D eigenvalue weighted by Gasteiger charge is -2.08. The van der Waals surface area contributed by atoms with E-state index in [9.17, 15) is 9.59 Å². The topological polar surface area (TPSA) is 88.9 Å². The normalized spacial score (nSPS) is 10.6. The van der Waals surface area contributed by atoms with E-state index in [-0.39, 0.29) is 17.6 Å². The fourth-order valence-electron chi connectivity index (χ4n) is 2.24. The number of hydrogen-bond acceptors (Lipinski definition) is 6. The molecule has 0 unspecified atom stereocenters. The van der Waals surface area contributed by atoms with Gasteiger partial charge in [-0.25, -0.2) is 0 Å². The maximum atomic E-state index is 12.2. The number of thioether (sulfide) groups is 2. The highest BCUT2D eigenvalue weighted by Gasteiger charge is 2.09. The SMILES string of the molecule is Cn1cnnc1SCc1ccc(C(=O)NNC(=O)CSc2ccccc2Cl)cc1. The van der Waals surface area contributed by atoms with Gasteiger partial charge in [-0.05, 0) is 29.8 Å². The first-order chi connectivity index (χ1) is 14.0. The lowest BCUT2D eigenvalue weighted by atomic mass is 10.1. The molecule has 29 heavy (non-hydrogen) atoms. The van der Waals surface area contributed by atoms with Crippen molar-refractivity contribution in [2.75, 3.05) is 5.75 Å². The van der Waals surface area contributed by atoms with Crippen LogP contribution < -0.4 is 10.9 Å². The maximum absolute atomic E-state index is 12.2. The van der Waals surface area contributed by atoms with Crippen molar-refractivity contribution >= 4 is 46.9 Å². The fraction of sp³-hybridized carbons (Fsp3) is 0.158. The van der Waals surface area contributed by atoms with Gasteiger partial charge in [0.1, 0.15) is 6.33 Å². The van der Waals surface area contributed by atoms with Gasteiger partial charge in [-0.15, -0.1) is 22.0 Å². The number of aromatic nitrogens is 3. The zero-order valence-corrected chi connectivity index (χ0v) is 17.9. The zero-order valence-electron chi connectivity index (χ0n) is 15.5. The van der Waals surface area contributed by atoms with E-state index in [0.717, 1.165) is 15.6 Å². The van der Waals surface area contributed by atoms with Crippen molar-refractivity contribution in [3.8, 4) is 0 Å². The van der Waals surface area contributed by atoms with Crippen LogP contribution in [0.15, 0.2) is 64.9 Å². The second-order valence-electron chi connectivity index (χ2n) is 5.93. The smallest absolute Gasteiger partial charge is 0.269 e. The van der Waals surface area contributed by atoms with Crippen molar-refractivity contribution < 1.29 is 9.59 Å². The van der Waals surface area contributed by atoms with E-state index in [4.69, 9.17) is 11.6 Å². The Morgan fingerprint density at radius 3 is 2.52 bits per heavy atom. The van der Waals surface area contributed by atoms with Crippen LogP contribution in [0.25, 0.3) is 0 Å². The monoisotopic (exact) mass is 447 g/mol. The van der Waals surface area contributed by atoms with E-state index >= 15 is 0 Å². The predicted octanol–water partition coefficient (Wildman–Crippen LogP) is 3.31. The molecule has 0 radical (unpaired) electrons. The molecule has 0 saturated heterocycles. The second-order valence-corrected chi connectivity index (χ2v) is 8.30. The van der Waals surface area contributed by atoms with Crippen LogP contribution in [0.3, 0.4) is 0 Å². The molecule has 1 aromatic heterocycles. The van der Waals surface area contributed by atoms with E-state index in [1.165, 1.54) is 11.8 Å². The minimum atomic E-state index is -0.381. The quantitative estimate of drug-likeness (QED) is 0.426. The Morgan fingerprint density at radius 1 is 1.07 bits per heavy atom. The van der Waals surface area contributed by atoms with E-state index in [1.807, 2.05) is 41.9 Å². The van der Waals surface area contributed by atoms with Gasteiger partial charge in [-0.3, -0.25) is 20.4 Å². The molecule has 0 aliphatic carbocycles. The van der Waals surface area contributed by atoms with Crippen LogP contribution in [0.1, 0.15) is 15.9 Å². The number of carbonyl (C=O) groups is 2. The molecule has 1 heterocycles. The van der Waals surface area contributed by atoms with Gasteiger partial charge in [-0.1, -0.05) is 47.6 Å². The van der Waals surface area contributed by atoms with Gasteiger partial charge in [0.25, 0.3) is 5.91 Å². The number of rotatable bonds is 7. The number of nitrogens with zero attached hydrogens (tertiary/aromatic N) is 3. The van der Waals surface area contributed by atoms with E-state index in [0.29, 0.717) is 16.3 Å². The average Bonchev–Trinajstić information content (AvgIpc) is 3.15. The van der Waals surface area contributed by atoms with Crippen molar-refractivity contribution in [1.29, 1.82) is 0 Å². The first-order valence-electron chi connectivity index (χ1n) is 8.55. The molecule has 150 valence electrons. The fourth-order valence-corrected chi connectivity index (χ4v) is 4.13. The highest BCUT2D eigenvalue weighted by Crippen LogP contribution is 2.26. The molecule has 3 rings (SSSR count). The van der Waals surface area contributed by atoms with Crippen molar-refractivity contribution in [1.82, 2.24) is 25.6 Å². The summed E-state index contributed by atoms with van der Waals surface area (Å²) < 4.78 is 1.85. The molecule has 3 aromatic rings. The summed E-state index contributed by atoms with van der Waals surface area (Å²) in [5, 5.41) is 9.27. The van der Waals surface area contributed by atoms with Crippen LogP contribution >= 0.6 is 35.1 Å². The molecule has 0 atom stereocenters. The highest BCUT2D eigenvalue weighted by molar-refractivity contribution is 8.00. The lowest BCUT2D eigenvalue weighted by Crippen LogP contribution is -2.42. The standard InChI is InChI=1S/C19H18ClN5O2S2/c1-25-12-21-24-19(25)29-10-13-6-8-14(9-7-13)18(27)23-22-17(26)11-28-16-5-3-2-4-15(16)20/h2-9,12H,10-11H2,1H3,(H,22,26)(H,23,27). The van der Waals surface area contributed by atoms with Gasteiger partial charge < -0.3 is 4.57 Å². The minimum Gasteiger partial charge on any atom is -0.312 e. The van der Waals surface area contributed by atoms with Gasteiger partial charge >= 0.3 is 0 Å². The Balaban J connectivity index is 1.43. The molecule has 0 fully saturated rings. The lowest BCUT2D eigenvalue weighted by molar-refractivity contribution is -0.119. The first-order valence-corrected chi connectivity index (χ1v) is 10.9. The molecule has 2 aromatic carbocycles. The van der Waals surface area contributed by atoms with E-state index in [2.05, 4.69) is 21.0 Å². The number of benzene rings is 2. The van der Waals surface area contributed by atoms with Crippen LogP contribution in [-0.2, 0) is 17.6 Å². The molecule has 10 heteroatoms. The van der Waals surface area contributed by atoms with Gasteiger partial charge in [0, 0.05) is 23.3 Å². The molecule has 0 spiro atoms. The largest absolute Gasteiger partial charge is 0.312 e. The van der Waals surface area contributed by atoms with Crippen LogP contribution in [0.5, 0.6) is 0 Å². The molecule has 0 bridgehead atoms. The summed E-state index contributed by atoms with van der Waals surface area (Å²) >= 11 is 8.92. The number of aryl methyl sites for hydroxylation is 1. The third-order valence-corrected chi connectivity index (χ3v) is 6.39. The van der Waals surface area contributed by atoms with Gasteiger partial charge in [0.15, 0.2) is 5.16 Å². The molecule has 2 amide bonds. The number of nitrogens with one attached hydrogen (secondary N) is 2. The zero-order chi connectivity index (χ0) is 20.6. The summed E-state index contributed by atoms with van der Waals surface area (Å²) in [5.74, 6) is 0.153. The summed E-state index contributed by atoms with van der Waals surface area (Å²) in [6, 6.07) is 14.4. The van der Waals surface area contributed by atoms with Crippen LogP contribution in [0.2, 0.25) is 5.02 Å². The van der Waals surface area contributed by atoms with Crippen LogP contribution in [0, 0.1) is 0 Å². The number of hydrazine groups is 1. The summed E-state index contributed by atoms with van der Waals surface area (Å²) in [6.45, 7) is 0. The molecule has 2 N–H and O–H groups in total. The summed E-state index contributed by atoms with van der Waals surface area (Å²) in [4.78, 5) is 24.9. The molecular formula is C19H18ClN5O2S2. The molecular weight excluding hydrogens is 430 g/mol. The number of carbonyl (C=O) groups excluding carboxylic acids is 2. The van der Waals surface area contributed by atoms with E-state index < -0.39 is 0 Å². The van der Waals surface area contributed by atoms with Gasteiger partial charge in [0.2, 0.25) is 5.91 Å².